The van der Waals surface area contributed by atoms with E-state index in [0.29, 0.717) is 17.3 Å². The van der Waals surface area contributed by atoms with Crippen molar-refractivity contribution >= 4 is 23.3 Å². The van der Waals surface area contributed by atoms with Crippen molar-refractivity contribution in [3.8, 4) is 0 Å². The normalized spacial score (nSPS) is 19.1. The molecule has 0 radical (unpaired) electrons. The molecule has 0 aromatic heterocycles. The minimum absolute atomic E-state index is 0.172. The van der Waals surface area contributed by atoms with E-state index in [1.165, 1.54) is 0 Å². The van der Waals surface area contributed by atoms with Crippen molar-refractivity contribution in [1.29, 1.82) is 0 Å². The standard InChI is InChI=1S/C12H15ClN2O2/c1-8-4-5-9(13)7-10(8)14-12(16)15-11-3-2-6-17-11/h4-5,7,11H,2-3,6H2,1H3,(H2,14,15,16). The molecule has 1 aromatic carbocycles. The number of ether oxygens (including phenoxy) is 1. The van der Waals surface area contributed by atoms with Gasteiger partial charge in [0.25, 0.3) is 0 Å². The smallest absolute Gasteiger partial charge is 0.321 e. The van der Waals surface area contributed by atoms with Gasteiger partial charge < -0.3 is 15.4 Å². The van der Waals surface area contributed by atoms with Crippen LogP contribution >= 0.6 is 11.6 Å². The molecule has 0 spiro atoms. The third-order valence-electron chi connectivity index (χ3n) is 2.67. The predicted octanol–water partition coefficient (Wildman–Crippen LogP) is 2.91. The lowest BCUT2D eigenvalue weighted by molar-refractivity contribution is 0.0928. The Balaban J connectivity index is 1.95. The highest BCUT2D eigenvalue weighted by Gasteiger charge is 2.17. The van der Waals surface area contributed by atoms with Gasteiger partial charge in [0.1, 0.15) is 6.23 Å². The van der Waals surface area contributed by atoms with Gasteiger partial charge in [-0.15, -0.1) is 0 Å². The zero-order chi connectivity index (χ0) is 12.3. The quantitative estimate of drug-likeness (QED) is 0.853. The lowest BCUT2D eigenvalue weighted by Gasteiger charge is -2.14. The van der Waals surface area contributed by atoms with Crippen LogP contribution in [-0.4, -0.2) is 18.9 Å². The van der Waals surface area contributed by atoms with E-state index in [1.54, 1.807) is 12.1 Å². The molecule has 92 valence electrons. The highest BCUT2D eigenvalue weighted by molar-refractivity contribution is 6.31. The van der Waals surface area contributed by atoms with Crippen LogP contribution in [0.25, 0.3) is 0 Å². The van der Waals surface area contributed by atoms with Crippen LogP contribution in [-0.2, 0) is 4.74 Å². The number of aryl methyl sites for hydroxylation is 1. The molecule has 1 heterocycles. The molecule has 0 saturated carbocycles. The fraction of sp³-hybridized carbons (Fsp3) is 0.417. The lowest BCUT2D eigenvalue weighted by atomic mass is 10.2. The van der Waals surface area contributed by atoms with Gasteiger partial charge in [-0.25, -0.2) is 4.79 Å². The number of hydrogen-bond donors (Lipinski definition) is 2. The molecule has 1 aliphatic heterocycles. The molecule has 1 aromatic rings. The summed E-state index contributed by atoms with van der Waals surface area (Å²) in [5.74, 6) is 0. The molecule has 2 N–H and O–H groups in total. The van der Waals surface area contributed by atoms with Crippen LogP contribution in [0.3, 0.4) is 0 Å². The lowest BCUT2D eigenvalue weighted by Crippen LogP contribution is -2.37. The highest BCUT2D eigenvalue weighted by atomic mass is 35.5. The van der Waals surface area contributed by atoms with Gasteiger partial charge in [0.2, 0.25) is 0 Å². The van der Waals surface area contributed by atoms with Crippen LogP contribution in [0.4, 0.5) is 10.5 Å². The first-order valence-corrected chi connectivity index (χ1v) is 5.98. The van der Waals surface area contributed by atoms with Gasteiger partial charge in [-0.2, -0.15) is 0 Å². The minimum Gasteiger partial charge on any atom is -0.358 e. The molecular formula is C12H15ClN2O2. The van der Waals surface area contributed by atoms with Crippen molar-refractivity contribution in [2.24, 2.45) is 0 Å². The average Bonchev–Trinajstić information content (AvgIpc) is 2.76. The van der Waals surface area contributed by atoms with Gasteiger partial charge >= 0.3 is 6.03 Å². The molecule has 0 bridgehead atoms. The molecular weight excluding hydrogens is 240 g/mol. The monoisotopic (exact) mass is 254 g/mol. The molecule has 5 heteroatoms. The summed E-state index contributed by atoms with van der Waals surface area (Å²) < 4.78 is 5.32. The van der Waals surface area contributed by atoms with E-state index in [9.17, 15) is 4.79 Å². The Morgan fingerprint density at radius 3 is 3.06 bits per heavy atom. The highest BCUT2D eigenvalue weighted by Crippen LogP contribution is 2.20. The Labute approximate surface area is 105 Å². The molecule has 1 fully saturated rings. The third-order valence-corrected chi connectivity index (χ3v) is 2.90. The van der Waals surface area contributed by atoms with Crippen LogP contribution in [0, 0.1) is 6.92 Å². The second kappa shape index (κ2) is 5.38. The summed E-state index contributed by atoms with van der Waals surface area (Å²) in [5.41, 5.74) is 1.69. The first-order valence-electron chi connectivity index (χ1n) is 5.60. The zero-order valence-electron chi connectivity index (χ0n) is 9.63. The second-order valence-electron chi connectivity index (χ2n) is 4.06. The molecule has 4 nitrogen and oxygen atoms in total. The molecule has 0 aliphatic carbocycles. The fourth-order valence-electron chi connectivity index (χ4n) is 1.72. The van der Waals surface area contributed by atoms with E-state index in [4.69, 9.17) is 16.3 Å². The van der Waals surface area contributed by atoms with Gasteiger partial charge in [-0.1, -0.05) is 17.7 Å². The van der Waals surface area contributed by atoms with Crippen LogP contribution in [0.2, 0.25) is 5.02 Å². The Morgan fingerprint density at radius 1 is 1.53 bits per heavy atom. The van der Waals surface area contributed by atoms with Crippen molar-refractivity contribution < 1.29 is 9.53 Å². The van der Waals surface area contributed by atoms with Gasteiger partial charge in [0, 0.05) is 17.3 Å². The molecule has 1 aliphatic rings. The van der Waals surface area contributed by atoms with Gasteiger partial charge in [0.15, 0.2) is 0 Å². The predicted molar refractivity (Wildman–Crippen MR) is 67.3 cm³/mol. The van der Waals surface area contributed by atoms with Crippen LogP contribution in [0.15, 0.2) is 18.2 Å². The first kappa shape index (κ1) is 12.2. The SMILES string of the molecule is Cc1ccc(Cl)cc1NC(=O)NC1CCCO1. The Hall–Kier alpha value is -1.26. The van der Waals surface area contributed by atoms with E-state index in [2.05, 4.69) is 10.6 Å². The number of halogens is 1. The van der Waals surface area contributed by atoms with Crippen molar-refractivity contribution in [1.82, 2.24) is 5.32 Å². The summed E-state index contributed by atoms with van der Waals surface area (Å²) in [7, 11) is 0. The van der Waals surface area contributed by atoms with Crippen molar-refractivity contribution in [3.05, 3.63) is 28.8 Å². The van der Waals surface area contributed by atoms with Crippen molar-refractivity contribution in [3.63, 3.8) is 0 Å². The van der Waals surface area contributed by atoms with Crippen LogP contribution in [0.1, 0.15) is 18.4 Å². The van der Waals surface area contributed by atoms with Crippen LogP contribution < -0.4 is 10.6 Å². The van der Waals surface area contributed by atoms with Gasteiger partial charge in [-0.3, -0.25) is 0 Å². The zero-order valence-corrected chi connectivity index (χ0v) is 10.4. The summed E-state index contributed by atoms with van der Waals surface area (Å²) in [6.07, 6.45) is 1.68. The largest absolute Gasteiger partial charge is 0.358 e. The maximum Gasteiger partial charge on any atom is 0.321 e. The number of hydrogen-bond acceptors (Lipinski definition) is 2. The molecule has 1 atom stereocenters. The van der Waals surface area contributed by atoms with E-state index in [-0.39, 0.29) is 12.3 Å². The fourth-order valence-corrected chi connectivity index (χ4v) is 1.90. The van der Waals surface area contributed by atoms with E-state index in [0.717, 1.165) is 18.4 Å². The maximum atomic E-state index is 11.7. The topological polar surface area (TPSA) is 50.4 Å². The molecule has 2 amide bonds. The van der Waals surface area contributed by atoms with Crippen molar-refractivity contribution in [2.75, 3.05) is 11.9 Å². The van der Waals surface area contributed by atoms with Crippen molar-refractivity contribution in [2.45, 2.75) is 26.0 Å². The van der Waals surface area contributed by atoms with E-state index in [1.807, 2.05) is 13.0 Å². The first-order chi connectivity index (χ1) is 8.15. The number of carbonyl (C=O) groups excluding carboxylic acids is 1. The number of rotatable bonds is 2. The minimum atomic E-state index is -0.262. The number of benzene rings is 1. The molecule has 17 heavy (non-hydrogen) atoms. The Kier molecular flexibility index (Phi) is 3.86. The summed E-state index contributed by atoms with van der Waals surface area (Å²) in [6, 6.07) is 5.12. The van der Waals surface area contributed by atoms with E-state index >= 15 is 0 Å². The molecule has 2 rings (SSSR count). The molecule has 1 unspecified atom stereocenters. The summed E-state index contributed by atoms with van der Waals surface area (Å²) >= 11 is 5.87. The maximum absolute atomic E-state index is 11.7. The summed E-state index contributed by atoms with van der Waals surface area (Å²) in [5, 5.41) is 6.12. The summed E-state index contributed by atoms with van der Waals surface area (Å²) in [6.45, 7) is 2.62. The van der Waals surface area contributed by atoms with Gasteiger partial charge in [-0.05, 0) is 37.5 Å². The van der Waals surface area contributed by atoms with Crippen LogP contribution in [0.5, 0.6) is 0 Å². The van der Waals surface area contributed by atoms with E-state index < -0.39 is 0 Å². The molecule has 1 saturated heterocycles. The Bertz CT molecular complexity index is 417. The average molecular weight is 255 g/mol. The number of nitrogens with one attached hydrogen (secondary N) is 2. The number of anilines is 1. The summed E-state index contributed by atoms with van der Waals surface area (Å²) in [4.78, 5) is 11.7. The van der Waals surface area contributed by atoms with Gasteiger partial charge in [0.05, 0.1) is 0 Å². The number of carbonyl (C=O) groups is 1. The Morgan fingerprint density at radius 2 is 2.35 bits per heavy atom. The number of amides is 2. The third kappa shape index (κ3) is 3.35. The second-order valence-corrected chi connectivity index (χ2v) is 4.50. The number of urea groups is 1.